The van der Waals surface area contributed by atoms with Crippen molar-refractivity contribution in [2.45, 2.75) is 36.9 Å². The highest BCUT2D eigenvalue weighted by Gasteiger charge is 2.30. The second-order valence-electron chi connectivity index (χ2n) is 6.10. The molecule has 1 atom stereocenters. The van der Waals surface area contributed by atoms with Crippen LogP contribution in [-0.2, 0) is 10.0 Å². The molecule has 1 N–H and O–H groups in total. The van der Waals surface area contributed by atoms with Gasteiger partial charge in [0.05, 0.1) is 0 Å². The molecular formula is C16H20BrN3O2S2. The van der Waals surface area contributed by atoms with E-state index in [9.17, 15) is 8.42 Å². The zero-order valence-corrected chi connectivity index (χ0v) is 16.8. The number of nitrogens with one attached hydrogen (secondary N) is 1. The number of nitrogens with zero attached hydrogens (tertiary/aromatic N) is 2. The van der Waals surface area contributed by atoms with Gasteiger partial charge in [0.15, 0.2) is 5.03 Å². The molecule has 0 aliphatic heterocycles. The molecule has 0 spiro atoms. The zero-order valence-electron chi connectivity index (χ0n) is 13.6. The summed E-state index contributed by atoms with van der Waals surface area (Å²) in [7, 11) is -1.53. The number of halogens is 1. The number of rotatable bonds is 7. The summed E-state index contributed by atoms with van der Waals surface area (Å²) in [4.78, 5) is 6.52. The number of likely N-dealkylation sites (N-methyl/N-ethyl adjacent to an activating group) is 1. The fourth-order valence-electron chi connectivity index (χ4n) is 2.40. The van der Waals surface area contributed by atoms with E-state index in [1.165, 1.54) is 24.2 Å². The Balaban J connectivity index is 1.67. The summed E-state index contributed by atoms with van der Waals surface area (Å²) >= 11 is 4.72. The van der Waals surface area contributed by atoms with Crippen molar-refractivity contribution in [2.75, 3.05) is 13.6 Å². The summed E-state index contributed by atoms with van der Waals surface area (Å²) in [6.07, 6.45) is 2.41. The summed E-state index contributed by atoms with van der Waals surface area (Å²) in [6, 6.07) is 8.43. The molecule has 5 nitrogen and oxygen atoms in total. The van der Waals surface area contributed by atoms with Crippen molar-refractivity contribution in [3.63, 3.8) is 0 Å². The minimum atomic E-state index is -3.58. The summed E-state index contributed by atoms with van der Waals surface area (Å²) < 4.78 is 28.6. The molecule has 0 bridgehead atoms. The fraction of sp³-hybridized carbons (Fsp3) is 0.438. The summed E-state index contributed by atoms with van der Waals surface area (Å²) in [5.74, 6) is 0. The van der Waals surface area contributed by atoms with E-state index < -0.39 is 10.0 Å². The van der Waals surface area contributed by atoms with Crippen molar-refractivity contribution in [1.29, 1.82) is 0 Å². The number of hydrogen-bond acceptors (Lipinski definition) is 5. The first-order valence-electron chi connectivity index (χ1n) is 7.80. The van der Waals surface area contributed by atoms with Crippen LogP contribution in [0.4, 0.5) is 0 Å². The number of benzene rings is 1. The van der Waals surface area contributed by atoms with E-state index in [0.717, 1.165) is 10.0 Å². The second kappa shape index (κ2) is 7.21. The minimum absolute atomic E-state index is 0.0895. The number of sulfonamides is 1. The van der Waals surface area contributed by atoms with E-state index in [-0.39, 0.29) is 11.1 Å². The van der Waals surface area contributed by atoms with E-state index in [1.54, 1.807) is 5.38 Å². The van der Waals surface area contributed by atoms with Gasteiger partial charge in [-0.3, -0.25) is 4.90 Å². The summed E-state index contributed by atoms with van der Waals surface area (Å²) in [5, 5.41) is 2.38. The number of aromatic nitrogens is 1. The standard InChI is InChI=1S/C16H20BrN3O2S2/c1-11(20(2)14-7-8-14)9-18-24(21,22)15-10-23-16(19-15)12-3-5-13(17)6-4-12/h3-6,10-11,14,18H,7-9H2,1-2H3. The van der Waals surface area contributed by atoms with E-state index in [4.69, 9.17) is 0 Å². The van der Waals surface area contributed by atoms with Crippen molar-refractivity contribution in [1.82, 2.24) is 14.6 Å². The highest BCUT2D eigenvalue weighted by molar-refractivity contribution is 9.10. The maximum atomic E-state index is 12.5. The SMILES string of the molecule is CC(CNS(=O)(=O)c1csc(-c2ccc(Br)cc2)n1)N(C)C1CC1. The van der Waals surface area contributed by atoms with Crippen molar-refractivity contribution in [2.24, 2.45) is 0 Å². The van der Waals surface area contributed by atoms with Gasteiger partial charge in [0.2, 0.25) is 0 Å². The van der Waals surface area contributed by atoms with Crippen LogP contribution in [0.15, 0.2) is 39.1 Å². The Labute approximate surface area is 155 Å². The molecule has 1 aromatic carbocycles. The Morgan fingerprint density at radius 2 is 2.04 bits per heavy atom. The average molecular weight is 430 g/mol. The van der Waals surface area contributed by atoms with Crippen molar-refractivity contribution >= 4 is 37.3 Å². The average Bonchev–Trinajstić information content (AvgIpc) is 3.29. The first kappa shape index (κ1) is 18.0. The lowest BCUT2D eigenvalue weighted by Crippen LogP contribution is -2.41. The monoisotopic (exact) mass is 429 g/mol. The molecule has 1 fully saturated rings. The molecule has 1 aliphatic rings. The zero-order chi connectivity index (χ0) is 17.3. The molecule has 1 saturated carbocycles. The lowest BCUT2D eigenvalue weighted by molar-refractivity contribution is 0.248. The van der Waals surface area contributed by atoms with Gasteiger partial charge >= 0.3 is 0 Å². The lowest BCUT2D eigenvalue weighted by Gasteiger charge is -2.24. The van der Waals surface area contributed by atoms with Crippen LogP contribution in [0.2, 0.25) is 0 Å². The summed E-state index contributed by atoms with van der Waals surface area (Å²) in [6.45, 7) is 2.43. The highest BCUT2D eigenvalue weighted by Crippen LogP contribution is 2.28. The van der Waals surface area contributed by atoms with Crippen molar-refractivity contribution in [3.8, 4) is 10.6 Å². The highest BCUT2D eigenvalue weighted by atomic mass is 79.9. The Bertz CT molecular complexity index is 801. The minimum Gasteiger partial charge on any atom is -0.299 e. The maximum Gasteiger partial charge on any atom is 0.258 e. The number of hydrogen-bond donors (Lipinski definition) is 1. The molecule has 1 aromatic heterocycles. The predicted octanol–water partition coefficient (Wildman–Crippen LogP) is 3.33. The van der Waals surface area contributed by atoms with Crippen LogP contribution < -0.4 is 4.72 Å². The second-order valence-corrected chi connectivity index (χ2v) is 9.58. The maximum absolute atomic E-state index is 12.5. The molecule has 130 valence electrons. The third kappa shape index (κ3) is 4.23. The quantitative estimate of drug-likeness (QED) is 0.732. The van der Waals surface area contributed by atoms with Gasteiger partial charge < -0.3 is 0 Å². The topological polar surface area (TPSA) is 62.3 Å². The van der Waals surface area contributed by atoms with E-state index in [2.05, 4.69) is 30.5 Å². The van der Waals surface area contributed by atoms with E-state index in [1.807, 2.05) is 38.2 Å². The van der Waals surface area contributed by atoms with Gasteiger partial charge in [0, 0.05) is 34.0 Å². The molecule has 0 radical (unpaired) electrons. The molecule has 3 rings (SSSR count). The normalized spacial score (nSPS) is 16.5. The Kier molecular flexibility index (Phi) is 5.41. The molecule has 0 amide bonds. The van der Waals surface area contributed by atoms with Gasteiger partial charge in [-0.1, -0.05) is 28.1 Å². The van der Waals surface area contributed by atoms with Gasteiger partial charge in [-0.25, -0.2) is 18.1 Å². The van der Waals surface area contributed by atoms with Crippen LogP contribution in [0, 0.1) is 0 Å². The smallest absolute Gasteiger partial charge is 0.258 e. The first-order chi connectivity index (χ1) is 11.4. The van der Waals surface area contributed by atoms with Gasteiger partial charge in [0.25, 0.3) is 10.0 Å². The Hall–Kier alpha value is -0.800. The molecule has 24 heavy (non-hydrogen) atoms. The fourth-order valence-corrected chi connectivity index (χ4v) is 4.88. The third-order valence-corrected chi connectivity index (χ3v) is 7.11. The van der Waals surface area contributed by atoms with Crippen LogP contribution in [0.25, 0.3) is 10.6 Å². The van der Waals surface area contributed by atoms with Crippen LogP contribution in [-0.4, -0.2) is 44.0 Å². The Morgan fingerprint density at radius 3 is 2.67 bits per heavy atom. The van der Waals surface area contributed by atoms with Crippen molar-refractivity contribution in [3.05, 3.63) is 34.1 Å². The van der Waals surface area contributed by atoms with Gasteiger partial charge in [0.1, 0.15) is 5.01 Å². The molecule has 1 aliphatic carbocycles. The number of thiazole rings is 1. The van der Waals surface area contributed by atoms with Crippen LogP contribution in [0.5, 0.6) is 0 Å². The Morgan fingerprint density at radius 1 is 1.38 bits per heavy atom. The van der Waals surface area contributed by atoms with E-state index in [0.29, 0.717) is 17.6 Å². The van der Waals surface area contributed by atoms with Crippen LogP contribution in [0.3, 0.4) is 0 Å². The van der Waals surface area contributed by atoms with Gasteiger partial charge in [-0.15, -0.1) is 11.3 Å². The predicted molar refractivity (Wildman–Crippen MR) is 101 cm³/mol. The molecule has 0 saturated heterocycles. The van der Waals surface area contributed by atoms with Gasteiger partial charge in [-0.2, -0.15) is 0 Å². The van der Waals surface area contributed by atoms with Gasteiger partial charge in [-0.05, 0) is 38.9 Å². The first-order valence-corrected chi connectivity index (χ1v) is 11.0. The lowest BCUT2D eigenvalue weighted by atomic mass is 10.2. The van der Waals surface area contributed by atoms with Crippen LogP contribution >= 0.6 is 27.3 Å². The van der Waals surface area contributed by atoms with Crippen molar-refractivity contribution < 1.29 is 8.42 Å². The van der Waals surface area contributed by atoms with E-state index >= 15 is 0 Å². The molecule has 1 heterocycles. The molecule has 1 unspecified atom stereocenters. The van der Waals surface area contributed by atoms with Crippen LogP contribution in [0.1, 0.15) is 19.8 Å². The third-order valence-electron chi connectivity index (χ3n) is 4.24. The largest absolute Gasteiger partial charge is 0.299 e. The molecular weight excluding hydrogens is 410 g/mol. The molecule has 2 aromatic rings. The molecule has 8 heteroatoms. The summed E-state index contributed by atoms with van der Waals surface area (Å²) in [5.41, 5.74) is 0.909.